The average molecular weight is 411 g/mol. The Morgan fingerprint density at radius 1 is 1.07 bits per heavy atom. The lowest BCUT2D eigenvalue weighted by molar-refractivity contribution is 0.123. The summed E-state index contributed by atoms with van der Waals surface area (Å²) in [4.78, 5) is 19.3. The minimum absolute atomic E-state index is 0.0222. The number of likely N-dealkylation sites (N-methyl/N-ethyl adjacent to an activating group) is 1. The van der Waals surface area contributed by atoms with Crippen molar-refractivity contribution in [3.63, 3.8) is 0 Å². The standard InChI is InChI=1S/C21H25N5O4/c1-24-6-8-25(9-7-24)16-2-4-18(19(14-16)26-10-12-28-13-11-26)23-21(27)30-20-5-3-17(15-22)29-20/h2-5,14H,6-13H2,1H3,(H,23,27). The van der Waals surface area contributed by atoms with Crippen LogP contribution >= 0.6 is 0 Å². The molecule has 2 aliphatic rings. The van der Waals surface area contributed by atoms with Crippen LogP contribution in [0.15, 0.2) is 34.7 Å². The quantitative estimate of drug-likeness (QED) is 0.819. The first-order valence-corrected chi connectivity index (χ1v) is 10.0. The Morgan fingerprint density at radius 2 is 1.83 bits per heavy atom. The van der Waals surface area contributed by atoms with Crippen molar-refractivity contribution in [2.45, 2.75) is 0 Å². The van der Waals surface area contributed by atoms with E-state index in [9.17, 15) is 4.79 Å². The first kappa shape index (κ1) is 20.1. The van der Waals surface area contributed by atoms with Gasteiger partial charge in [0.05, 0.1) is 24.6 Å². The maximum Gasteiger partial charge on any atom is 0.419 e. The van der Waals surface area contributed by atoms with Gasteiger partial charge in [-0.25, -0.2) is 4.79 Å². The zero-order valence-corrected chi connectivity index (χ0v) is 17.0. The molecule has 30 heavy (non-hydrogen) atoms. The van der Waals surface area contributed by atoms with Crippen LogP contribution in [0.25, 0.3) is 0 Å². The van der Waals surface area contributed by atoms with Gasteiger partial charge in [0.1, 0.15) is 6.07 Å². The normalized spacial score (nSPS) is 17.5. The van der Waals surface area contributed by atoms with Crippen molar-refractivity contribution in [3.05, 3.63) is 36.1 Å². The van der Waals surface area contributed by atoms with Gasteiger partial charge < -0.3 is 28.6 Å². The second kappa shape index (κ2) is 9.07. The number of ether oxygens (including phenoxy) is 2. The number of morpholine rings is 1. The number of nitriles is 1. The molecule has 2 fully saturated rings. The van der Waals surface area contributed by atoms with Gasteiger partial charge in [-0.2, -0.15) is 5.26 Å². The number of nitrogens with zero attached hydrogens (tertiary/aromatic N) is 4. The van der Waals surface area contributed by atoms with Crippen LogP contribution in [0.1, 0.15) is 5.76 Å². The highest BCUT2D eigenvalue weighted by Crippen LogP contribution is 2.32. The summed E-state index contributed by atoms with van der Waals surface area (Å²) in [5.41, 5.74) is 2.73. The molecule has 0 unspecified atom stereocenters. The topological polar surface area (TPSA) is 94.2 Å². The van der Waals surface area contributed by atoms with E-state index in [0.717, 1.165) is 50.6 Å². The molecule has 2 aliphatic heterocycles. The van der Waals surface area contributed by atoms with Crippen LogP contribution in [-0.4, -0.2) is 70.5 Å². The molecule has 0 atom stereocenters. The van der Waals surface area contributed by atoms with Crippen molar-refractivity contribution in [2.24, 2.45) is 0 Å². The maximum absolute atomic E-state index is 12.4. The van der Waals surface area contributed by atoms with E-state index in [2.05, 4.69) is 33.1 Å². The molecule has 1 aromatic carbocycles. The Balaban J connectivity index is 1.53. The summed E-state index contributed by atoms with van der Waals surface area (Å²) in [6.07, 6.45) is -0.671. The van der Waals surface area contributed by atoms with Gasteiger partial charge >= 0.3 is 6.09 Å². The number of furan rings is 1. The summed E-state index contributed by atoms with van der Waals surface area (Å²) in [5.74, 6) is 0.0642. The van der Waals surface area contributed by atoms with Crippen molar-refractivity contribution < 1.29 is 18.7 Å². The molecule has 9 heteroatoms. The zero-order valence-electron chi connectivity index (χ0n) is 17.0. The van der Waals surface area contributed by atoms with Gasteiger partial charge in [-0.15, -0.1) is 0 Å². The maximum atomic E-state index is 12.4. The fourth-order valence-corrected chi connectivity index (χ4v) is 3.61. The first-order valence-electron chi connectivity index (χ1n) is 10.0. The van der Waals surface area contributed by atoms with E-state index < -0.39 is 6.09 Å². The predicted octanol–water partition coefficient (Wildman–Crippen LogP) is 2.35. The molecule has 4 rings (SSSR count). The summed E-state index contributed by atoms with van der Waals surface area (Å²) in [5, 5.41) is 11.6. The average Bonchev–Trinajstić information content (AvgIpc) is 3.22. The minimum atomic E-state index is -0.671. The van der Waals surface area contributed by atoms with Crippen molar-refractivity contribution in [3.8, 4) is 12.0 Å². The second-order valence-electron chi connectivity index (χ2n) is 7.34. The van der Waals surface area contributed by atoms with Gasteiger partial charge in [-0.05, 0) is 31.3 Å². The first-order chi connectivity index (χ1) is 14.6. The van der Waals surface area contributed by atoms with E-state index in [4.69, 9.17) is 19.2 Å². The number of amides is 1. The molecule has 1 amide bonds. The molecule has 2 saturated heterocycles. The molecule has 158 valence electrons. The summed E-state index contributed by atoms with van der Waals surface area (Å²) >= 11 is 0. The van der Waals surface area contributed by atoms with Crippen LogP contribution in [0.3, 0.4) is 0 Å². The molecular formula is C21H25N5O4. The number of carbonyl (C=O) groups excluding carboxylic acids is 1. The van der Waals surface area contributed by atoms with E-state index in [1.807, 2.05) is 18.2 Å². The highest BCUT2D eigenvalue weighted by Gasteiger charge is 2.21. The number of benzene rings is 1. The van der Waals surface area contributed by atoms with Crippen LogP contribution in [0.4, 0.5) is 21.9 Å². The zero-order chi connectivity index (χ0) is 20.9. The van der Waals surface area contributed by atoms with Gasteiger partial charge in [0.2, 0.25) is 5.76 Å². The summed E-state index contributed by atoms with van der Waals surface area (Å²) in [6, 6.07) is 10.8. The van der Waals surface area contributed by atoms with Crippen LogP contribution < -0.4 is 19.9 Å². The number of rotatable bonds is 4. The summed E-state index contributed by atoms with van der Waals surface area (Å²) in [6.45, 7) is 6.76. The Morgan fingerprint density at radius 3 is 2.53 bits per heavy atom. The highest BCUT2D eigenvalue weighted by molar-refractivity contribution is 5.91. The number of hydrogen-bond donors (Lipinski definition) is 1. The van der Waals surface area contributed by atoms with Gasteiger partial charge in [0.25, 0.3) is 5.95 Å². The predicted molar refractivity (Wildman–Crippen MR) is 112 cm³/mol. The lowest BCUT2D eigenvalue weighted by Crippen LogP contribution is -2.44. The van der Waals surface area contributed by atoms with Crippen molar-refractivity contribution in [1.29, 1.82) is 5.26 Å². The molecule has 0 bridgehead atoms. The molecule has 0 aliphatic carbocycles. The molecule has 1 aromatic heterocycles. The molecular weight excluding hydrogens is 386 g/mol. The molecule has 3 heterocycles. The van der Waals surface area contributed by atoms with Crippen LogP contribution in [0.2, 0.25) is 0 Å². The Bertz CT molecular complexity index is 924. The fourth-order valence-electron chi connectivity index (χ4n) is 3.61. The van der Waals surface area contributed by atoms with E-state index in [1.165, 1.54) is 12.1 Å². The van der Waals surface area contributed by atoms with E-state index in [-0.39, 0.29) is 11.7 Å². The molecule has 1 N–H and O–H groups in total. The third-order valence-electron chi connectivity index (χ3n) is 5.32. The van der Waals surface area contributed by atoms with Crippen molar-refractivity contribution in [2.75, 3.05) is 74.6 Å². The van der Waals surface area contributed by atoms with Crippen molar-refractivity contribution in [1.82, 2.24) is 4.90 Å². The van der Waals surface area contributed by atoms with Gasteiger partial charge in [0, 0.05) is 51.0 Å². The Hall–Kier alpha value is -3.22. The lowest BCUT2D eigenvalue weighted by Gasteiger charge is -2.36. The van der Waals surface area contributed by atoms with E-state index >= 15 is 0 Å². The van der Waals surface area contributed by atoms with Gasteiger partial charge in [0.15, 0.2) is 0 Å². The SMILES string of the molecule is CN1CCN(c2ccc(NC(=O)Oc3ccc(C#N)o3)c(N3CCOCC3)c2)CC1. The number of nitrogens with one attached hydrogen (secondary N) is 1. The number of piperazine rings is 1. The van der Waals surface area contributed by atoms with E-state index in [1.54, 1.807) is 0 Å². The summed E-state index contributed by atoms with van der Waals surface area (Å²) in [7, 11) is 2.13. The lowest BCUT2D eigenvalue weighted by atomic mass is 10.1. The van der Waals surface area contributed by atoms with E-state index in [0.29, 0.717) is 18.9 Å². The van der Waals surface area contributed by atoms with Gasteiger partial charge in [-0.1, -0.05) is 0 Å². The fraction of sp³-hybridized carbons (Fsp3) is 0.429. The number of hydrogen-bond acceptors (Lipinski definition) is 8. The molecule has 2 aromatic rings. The molecule has 0 spiro atoms. The monoisotopic (exact) mass is 411 g/mol. The highest BCUT2D eigenvalue weighted by atomic mass is 16.6. The third kappa shape index (κ3) is 4.67. The molecule has 0 saturated carbocycles. The molecule has 9 nitrogen and oxygen atoms in total. The van der Waals surface area contributed by atoms with Gasteiger partial charge in [-0.3, -0.25) is 5.32 Å². The second-order valence-corrected chi connectivity index (χ2v) is 7.34. The number of carbonyl (C=O) groups is 1. The van der Waals surface area contributed by atoms with Crippen LogP contribution in [0, 0.1) is 11.3 Å². The minimum Gasteiger partial charge on any atom is -0.414 e. The van der Waals surface area contributed by atoms with Crippen LogP contribution in [0.5, 0.6) is 5.95 Å². The Kier molecular flexibility index (Phi) is 6.07. The van der Waals surface area contributed by atoms with Crippen molar-refractivity contribution >= 4 is 23.2 Å². The Labute approximate surface area is 175 Å². The smallest absolute Gasteiger partial charge is 0.414 e. The number of anilines is 3. The summed E-state index contributed by atoms with van der Waals surface area (Å²) < 4.78 is 15.8. The third-order valence-corrected chi connectivity index (χ3v) is 5.32. The van der Waals surface area contributed by atoms with Crippen LogP contribution in [-0.2, 0) is 4.74 Å². The molecule has 0 radical (unpaired) electrons. The largest absolute Gasteiger partial charge is 0.419 e.